The largest absolute Gasteiger partial charge is 0.454 e. The molecule has 0 spiro atoms. The average Bonchev–Trinajstić information content (AvgIpc) is 3.39. The van der Waals surface area contributed by atoms with E-state index in [2.05, 4.69) is 34.3 Å². The molecule has 7 heteroatoms. The number of nitrogens with one attached hydrogen (secondary N) is 2. The lowest BCUT2D eigenvalue weighted by Crippen LogP contribution is -2.21. The van der Waals surface area contributed by atoms with Gasteiger partial charge in [0.05, 0.1) is 5.69 Å². The summed E-state index contributed by atoms with van der Waals surface area (Å²) >= 11 is 0. The summed E-state index contributed by atoms with van der Waals surface area (Å²) in [6.45, 7) is 6.35. The molecule has 1 aliphatic heterocycles. The summed E-state index contributed by atoms with van der Waals surface area (Å²) in [6, 6.07) is 15.1. The first-order chi connectivity index (χ1) is 13.7. The van der Waals surface area contributed by atoms with Gasteiger partial charge in [-0.3, -0.25) is 9.89 Å². The van der Waals surface area contributed by atoms with Crippen molar-refractivity contribution < 1.29 is 14.3 Å². The predicted octanol–water partition coefficient (Wildman–Crippen LogP) is 3.90. The fraction of sp³-hybridized carbons (Fsp3) is 0.238. The highest BCUT2D eigenvalue weighted by atomic mass is 16.7. The molecule has 0 saturated carbocycles. The van der Waals surface area contributed by atoms with Gasteiger partial charge >= 0.3 is 0 Å². The topological polar surface area (TPSA) is 79.5 Å². The number of ether oxygens (including phenoxy) is 2. The fourth-order valence-electron chi connectivity index (χ4n) is 3.18. The number of rotatable bonds is 6. The molecule has 0 aliphatic carbocycles. The molecule has 1 aromatic heterocycles. The number of hydrogen-bond donors (Lipinski definition) is 2. The highest BCUT2D eigenvalue weighted by Gasteiger charge is 2.16. The van der Waals surface area contributed by atoms with Crippen molar-refractivity contribution >= 4 is 17.3 Å². The van der Waals surface area contributed by atoms with Crippen molar-refractivity contribution in [1.82, 2.24) is 10.2 Å². The van der Waals surface area contributed by atoms with E-state index in [1.807, 2.05) is 42.5 Å². The van der Waals surface area contributed by atoms with E-state index in [4.69, 9.17) is 9.47 Å². The van der Waals surface area contributed by atoms with Gasteiger partial charge in [0.2, 0.25) is 6.79 Å². The van der Waals surface area contributed by atoms with Crippen molar-refractivity contribution in [3.05, 3.63) is 54.2 Å². The van der Waals surface area contributed by atoms with Crippen LogP contribution in [-0.2, 0) is 0 Å². The maximum absolute atomic E-state index is 12.5. The minimum atomic E-state index is -0.241. The van der Waals surface area contributed by atoms with Gasteiger partial charge in [0.1, 0.15) is 5.69 Å². The number of nitrogens with zero attached hydrogens (tertiary/aromatic N) is 2. The van der Waals surface area contributed by atoms with Crippen molar-refractivity contribution in [2.24, 2.45) is 0 Å². The molecule has 144 valence electrons. The zero-order valence-corrected chi connectivity index (χ0v) is 15.9. The summed E-state index contributed by atoms with van der Waals surface area (Å²) in [4.78, 5) is 14.8. The summed E-state index contributed by atoms with van der Waals surface area (Å²) in [5, 5.41) is 9.94. The van der Waals surface area contributed by atoms with Crippen LogP contribution in [0.25, 0.3) is 11.3 Å². The molecule has 4 rings (SSSR count). The minimum Gasteiger partial charge on any atom is -0.454 e. The maximum Gasteiger partial charge on any atom is 0.273 e. The molecule has 2 heterocycles. The Hall–Kier alpha value is -3.48. The lowest BCUT2D eigenvalue weighted by molar-refractivity contribution is 0.102. The predicted molar refractivity (Wildman–Crippen MR) is 108 cm³/mol. The molecule has 2 N–H and O–H groups in total. The highest BCUT2D eigenvalue weighted by Crippen LogP contribution is 2.35. The van der Waals surface area contributed by atoms with E-state index in [0.29, 0.717) is 22.9 Å². The van der Waals surface area contributed by atoms with E-state index in [9.17, 15) is 4.79 Å². The Kier molecular flexibility index (Phi) is 4.89. The second-order valence-corrected chi connectivity index (χ2v) is 6.41. The van der Waals surface area contributed by atoms with E-state index in [-0.39, 0.29) is 12.7 Å². The van der Waals surface area contributed by atoms with Crippen LogP contribution in [0.5, 0.6) is 11.5 Å². The molecule has 0 unspecified atom stereocenters. The lowest BCUT2D eigenvalue weighted by Gasteiger charge is -2.21. The number of benzene rings is 2. The number of H-pyrrole nitrogens is 1. The van der Waals surface area contributed by atoms with Crippen LogP contribution in [0.2, 0.25) is 0 Å². The van der Waals surface area contributed by atoms with Crippen LogP contribution in [0.3, 0.4) is 0 Å². The standard InChI is InChI=1S/C21H22N4O3/c1-3-25(4-2)16-8-6-15(7-9-16)22-21(26)18-12-17(23-24-18)14-5-10-19-20(11-14)28-13-27-19/h5-12H,3-4,13H2,1-2H3,(H,22,26)(H,23,24). The van der Waals surface area contributed by atoms with E-state index in [1.165, 1.54) is 0 Å². The van der Waals surface area contributed by atoms with E-state index in [0.717, 1.165) is 30.0 Å². The van der Waals surface area contributed by atoms with Crippen LogP contribution in [0.1, 0.15) is 24.3 Å². The van der Waals surface area contributed by atoms with E-state index in [1.54, 1.807) is 6.07 Å². The Morgan fingerprint density at radius 3 is 2.57 bits per heavy atom. The third-order valence-electron chi connectivity index (χ3n) is 4.74. The summed E-state index contributed by atoms with van der Waals surface area (Å²) < 4.78 is 10.7. The van der Waals surface area contributed by atoms with Gasteiger partial charge in [-0.15, -0.1) is 0 Å². The van der Waals surface area contributed by atoms with Crippen LogP contribution in [0.4, 0.5) is 11.4 Å². The van der Waals surface area contributed by atoms with Gasteiger partial charge < -0.3 is 19.7 Å². The second-order valence-electron chi connectivity index (χ2n) is 6.41. The molecule has 1 aliphatic rings. The van der Waals surface area contributed by atoms with Crippen molar-refractivity contribution in [2.45, 2.75) is 13.8 Å². The van der Waals surface area contributed by atoms with Gasteiger partial charge in [-0.2, -0.15) is 5.10 Å². The Morgan fingerprint density at radius 2 is 1.82 bits per heavy atom. The molecule has 0 radical (unpaired) electrons. The number of carbonyl (C=O) groups is 1. The third-order valence-corrected chi connectivity index (χ3v) is 4.74. The minimum absolute atomic E-state index is 0.222. The highest BCUT2D eigenvalue weighted by molar-refractivity contribution is 6.03. The summed E-state index contributed by atoms with van der Waals surface area (Å²) in [6.07, 6.45) is 0. The van der Waals surface area contributed by atoms with Crippen LogP contribution in [0, 0.1) is 0 Å². The molecule has 0 saturated heterocycles. The molecule has 0 bridgehead atoms. The lowest BCUT2D eigenvalue weighted by atomic mass is 10.1. The number of hydrogen-bond acceptors (Lipinski definition) is 5. The SMILES string of the molecule is CCN(CC)c1ccc(NC(=O)c2cc(-c3ccc4c(c3)OCO4)n[nH]2)cc1. The first-order valence-electron chi connectivity index (χ1n) is 9.29. The number of anilines is 2. The molecule has 1 amide bonds. The van der Waals surface area contributed by atoms with Gasteiger partial charge in [-0.25, -0.2) is 0 Å². The van der Waals surface area contributed by atoms with Gasteiger partial charge in [-0.05, 0) is 62.4 Å². The van der Waals surface area contributed by atoms with Crippen LogP contribution in [0.15, 0.2) is 48.5 Å². The van der Waals surface area contributed by atoms with Gasteiger partial charge in [0.15, 0.2) is 11.5 Å². The average molecular weight is 378 g/mol. The van der Waals surface area contributed by atoms with Crippen molar-refractivity contribution in [1.29, 1.82) is 0 Å². The Balaban J connectivity index is 1.46. The van der Waals surface area contributed by atoms with E-state index >= 15 is 0 Å². The molecule has 0 atom stereocenters. The number of carbonyl (C=O) groups excluding carboxylic acids is 1. The number of fused-ring (bicyclic) bond motifs is 1. The fourth-order valence-corrected chi connectivity index (χ4v) is 3.18. The summed E-state index contributed by atoms with van der Waals surface area (Å²) in [5.41, 5.74) is 3.78. The molecule has 2 aromatic carbocycles. The normalized spacial score (nSPS) is 12.1. The molecule has 0 fully saturated rings. The molecular formula is C21H22N4O3. The van der Waals surface area contributed by atoms with Crippen molar-refractivity contribution in [2.75, 3.05) is 30.1 Å². The zero-order chi connectivity index (χ0) is 19.5. The summed E-state index contributed by atoms with van der Waals surface area (Å²) in [7, 11) is 0. The number of aromatic nitrogens is 2. The molecule has 7 nitrogen and oxygen atoms in total. The van der Waals surface area contributed by atoms with Crippen molar-refractivity contribution in [3.63, 3.8) is 0 Å². The monoisotopic (exact) mass is 378 g/mol. The van der Waals surface area contributed by atoms with Crippen LogP contribution < -0.4 is 19.7 Å². The molecule has 28 heavy (non-hydrogen) atoms. The number of aromatic amines is 1. The maximum atomic E-state index is 12.5. The van der Waals surface area contributed by atoms with Gasteiger partial charge in [-0.1, -0.05) is 0 Å². The summed E-state index contributed by atoms with van der Waals surface area (Å²) in [5.74, 6) is 1.15. The van der Waals surface area contributed by atoms with Crippen LogP contribution >= 0.6 is 0 Å². The molecule has 3 aromatic rings. The zero-order valence-electron chi connectivity index (χ0n) is 15.9. The third kappa shape index (κ3) is 3.51. The van der Waals surface area contributed by atoms with Gasteiger partial charge in [0.25, 0.3) is 5.91 Å². The van der Waals surface area contributed by atoms with Crippen molar-refractivity contribution in [3.8, 4) is 22.8 Å². The number of amides is 1. The molecular weight excluding hydrogens is 356 g/mol. The van der Waals surface area contributed by atoms with Crippen LogP contribution in [-0.4, -0.2) is 36.0 Å². The smallest absolute Gasteiger partial charge is 0.273 e. The Labute approximate surface area is 163 Å². The quantitative estimate of drug-likeness (QED) is 0.680. The van der Waals surface area contributed by atoms with Gasteiger partial charge in [0, 0.05) is 30.0 Å². The van der Waals surface area contributed by atoms with E-state index < -0.39 is 0 Å². The second kappa shape index (κ2) is 7.64. The Bertz CT molecular complexity index is 978. The first kappa shape index (κ1) is 17.9. The first-order valence-corrected chi connectivity index (χ1v) is 9.29. The Morgan fingerprint density at radius 1 is 1.07 bits per heavy atom.